The Bertz CT molecular complexity index is 493. The van der Waals surface area contributed by atoms with E-state index in [1.54, 1.807) is 18.5 Å². The number of nitrogens with zero attached hydrogens (tertiary/aromatic N) is 1. The number of alkyl halides is 1. The number of hydrogen-bond acceptors (Lipinski definition) is 2. The van der Waals surface area contributed by atoms with E-state index >= 15 is 0 Å². The maximum absolute atomic E-state index is 11.4. The molecule has 0 amide bonds. The SMILES string of the molecule is O=C(CCl)c1c[nH]c2c(Cl)nccc12. The Hall–Kier alpha value is -1.06. The lowest BCUT2D eigenvalue weighted by molar-refractivity contribution is 0.102. The molecule has 72 valence electrons. The maximum Gasteiger partial charge on any atom is 0.179 e. The Kier molecular flexibility index (Phi) is 2.44. The molecule has 3 nitrogen and oxygen atoms in total. The molecule has 1 N–H and O–H groups in total. The molecule has 0 aromatic carbocycles. The normalized spacial score (nSPS) is 10.7. The van der Waals surface area contributed by atoms with Crippen LogP contribution in [0.5, 0.6) is 0 Å². The number of nitrogens with one attached hydrogen (secondary N) is 1. The fourth-order valence-electron chi connectivity index (χ4n) is 1.32. The van der Waals surface area contributed by atoms with Crippen LogP contribution < -0.4 is 0 Å². The number of carbonyl (C=O) groups is 1. The highest BCUT2D eigenvalue weighted by Gasteiger charge is 2.12. The molecule has 0 atom stereocenters. The number of Topliss-reactive ketones (excluding diaryl/α,β-unsaturated/α-hetero) is 1. The lowest BCUT2D eigenvalue weighted by Crippen LogP contribution is -1.98. The van der Waals surface area contributed by atoms with Crippen molar-refractivity contribution >= 4 is 39.9 Å². The Morgan fingerprint density at radius 1 is 1.57 bits per heavy atom. The zero-order valence-corrected chi connectivity index (χ0v) is 8.56. The van der Waals surface area contributed by atoms with Gasteiger partial charge >= 0.3 is 0 Å². The van der Waals surface area contributed by atoms with Gasteiger partial charge in [-0.25, -0.2) is 4.98 Å². The van der Waals surface area contributed by atoms with Crippen molar-refractivity contribution in [2.75, 3.05) is 5.88 Å². The maximum atomic E-state index is 11.4. The van der Waals surface area contributed by atoms with Gasteiger partial charge in [0, 0.05) is 23.3 Å². The quantitative estimate of drug-likeness (QED) is 0.488. The Balaban J connectivity index is 2.70. The summed E-state index contributed by atoms with van der Waals surface area (Å²) in [6.07, 6.45) is 3.16. The molecule has 2 rings (SSSR count). The van der Waals surface area contributed by atoms with Crippen LogP contribution in [0.25, 0.3) is 10.9 Å². The first-order valence-corrected chi connectivity index (χ1v) is 4.86. The highest BCUT2D eigenvalue weighted by Crippen LogP contribution is 2.23. The van der Waals surface area contributed by atoms with Gasteiger partial charge in [0.15, 0.2) is 10.9 Å². The summed E-state index contributed by atoms with van der Waals surface area (Å²) in [6, 6.07) is 1.73. The standard InChI is InChI=1S/C9H6Cl2N2O/c10-3-7(14)6-4-13-8-5(6)1-2-12-9(8)11/h1-2,4,13H,3H2. The second kappa shape index (κ2) is 3.59. The number of H-pyrrole nitrogens is 1. The third kappa shape index (κ3) is 1.38. The van der Waals surface area contributed by atoms with Gasteiger partial charge in [-0.15, -0.1) is 11.6 Å². The Morgan fingerprint density at radius 2 is 2.36 bits per heavy atom. The molecule has 0 radical (unpaired) electrons. The molecular formula is C9H6Cl2N2O. The second-order valence-corrected chi connectivity index (χ2v) is 3.41. The monoisotopic (exact) mass is 228 g/mol. The number of carbonyl (C=O) groups excluding carboxylic acids is 1. The van der Waals surface area contributed by atoms with Crippen molar-refractivity contribution in [1.82, 2.24) is 9.97 Å². The molecule has 5 heteroatoms. The number of aromatic nitrogens is 2. The van der Waals surface area contributed by atoms with E-state index in [1.165, 1.54) is 0 Å². The number of ketones is 1. The van der Waals surface area contributed by atoms with Crippen molar-refractivity contribution in [3.05, 3.63) is 29.2 Å². The van der Waals surface area contributed by atoms with Crippen molar-refractivity contribution in [2.24, 2.45) is 0 Å². The second-order valence-electron chi connectivity index (χ2n) is 2.78. The van der Waals surface area contributed by atoms with Gasteiger partial charge in [-0.3, -0.25) is 4.79 Å². The smallest absolute Gasteiger partial charge is 0.179 e. The van der Waals surface area contributed by atoms with Gasteiger partial charge in [0.2, 0.25) is 0 Å². The molecule has 0 spiro atoms. The first-order valence-electron chi connectivity index (χ1n) is 3.95. The van der Waals surface area contributed by atoms with E-state index in [9.17, 15) is 4.79 Å². The molecular weight excluding hydrogens is 223 g/mol. The number of fused-ring (bicyclic) bond motifs is 1. The van der Waals surface area contributed by atoms with Crippen molar-refractivity contribution in [3.63, 3.8) is 0 Å². The zero-order valence-electron chi connectivity index (χ0n) is 7.05. The first-order chi connectivity index (χ1) is 6.74. The van der Waals surface area contributed by atoms with E-state index in [2.05, 4.69) is 9.97 Å². The van der Waals surface area contributed by atoms with Crippen LogP contribution in [0.2, 0.25) is 5.15 Å². The summed E-state index contributed by atoms with van der Waals surface area (Å²) in [6.45, 7) is 0. The van der Waals surface area contributed by atoms with Gasteiger partial charge in [-0.1, -0.05) is 11.6 Å². The van der Waals surface area contributed by atoms with Crippen molar-refractivity contribution < 1.29 is 4.79 Å². The van der Waals surface area contributed by atoms with E-state index in [0.717, 1.165) is 5.39 Å². The van der Waals surface area contributed by atoms with Crippen LogP contribution in [0.1, 0.15) is 10.4 Å². The molecule has 0 aliphatic heterocycles. The minimum Gasteiger partial charge on any atom is -0.358 e. The summed E-state index contributed by atoms with van der Waals surface area (Å²) >= 11 is 11.3. The number of rotatable bonds is 2. The summed E-state index contributed by atoms with van der Waals surface area (Å²) < 4.78 is 0. The van der Waals surface area contributed by atoms with E-state index in [1.807, 2.05) is 0 Å². The van der Waals surface area contributed by atoms with Gasteiger partial charge in [0.25, 0.3) is 0 Å². The van der Waals surface area contributed by atoms with E-state index < -0.39 is 0 Å². The third-order valence-corrected chi connectivity index (χ3v) is 2.51. The largest absolute Gasteiger partial charge is 0.358 e. The van der Waals surface area contributed by atoms with Gasteiger partial charge in [-0.2, -0.15) is 0 Å². The number of aromatic amines is 1. The van der Waals surface area contributed by atoms with Gasteiger partial charge in [0.05, 0.1) is 11.4 Å². The summed E-state index contributed by atoms with van der Waals surface area (Å²) in [5, 5.41) is 1.12. The van der Waals surface area contributed by atoms with Crippen molar-refractivity contribution in [3.8, 4) is 0 Å². The first kappa shape index (κ1) is 9.49. The average molecular weight is 229 g/mol. The fourth-order valence-corrected chi connectivity index (χ4v) is 1.68. The zero-order chi connectivity index (χ0) is 10.1. The topological polar surface area (TPSA) is 45.8 Å². The van der Waals surface area contributed by atoms with Gasteiger partial charge in [-0.05, 0) is 6.07 Å². The third-order valence-electron chi connectivity index (χ3n) is 1.98. The predicted molar refractivity (Wildman–Crippen MR) is 56.2 cm³/mol. The number of halogens is 2. The van der Waals surface area contributed by atoms with E-state index in [0.29, 0.717) is 16.2 Å². The van der Waals surface area contributed by atoms with E-state index in [4.69, 9.17) is 23.2 Å². The fraction of sp³-hybridized carbons (Fsp3) is 0.111. The van der Waals surface area contributed by atoms with Crippen LogP contribution in [0.4, 0.5) is 0 Å². The summed E-state index contributed by atoms with van der Waals surface area (Å²) in [7, 11) is 0. The van der Waals surface area contributed by atoms with Crippen LogP contribution in [-0.2, 0) is 0 Å². The van der Waals surface area contributed by atoms with Crippen molar-refractivity contribution in [1.29, 1.82) is 0 Å². The molecule has 0 fully saturated rings. The lowest BCUT2D eigenvalue weighted by Gasteiger charge is -1.94. The molecule has 0 saturated heterocycles. The van der Waals surface area contributed by atoms with Crippen molar-refractivity contribution in [2.45, 2.75) is 0 Å². The van der Waals surface area contributed by atoms with Crippen LogP contribution in [0.3, 0.4) is 0 Å². The molecule has 2 aromatic rings. The molecule has 0 bridgehead atoms. The highest BCUT2D eigenvalue weighted by molar-refractivity contribution is 6.35. The minimum atomic E-state index is -0.125. The molecule has 0 aliphatic rings. The van der Waals surface area contributed by atoms with Crippen LogP contribution >= 0.6 is 23.2 Å². The summed E-state index contributed by atoms with van der Waals surface area (Å²) in [5.41, 5.74) is 1.22. The number of hydrogen-bond donors (Lipinski definition) is 1. The Labute approximate surface area is 90.0 Å². The van der Waals surface area contributed by atoms with Gasteiger partial charge < -0.3 is 4.98 Å². The summed E-state index contributed by atoms with van der Waals surface area (Å²) in [5.74, 6) is -0.160. The molecule has 2 aromatic heterocycles. The summed E-state index contributed by atoms with van der Waals surface area (Å²) in [4.78, 5) is 18.2. The number of pyridine rings is 1. The van der Waals surface area contributed by atoms with Crippen LogP contribution in [0, 0.1) is 0 Å². The molecule has 0 unspecified atom stereocenters. The van der Waals surface area contributed by atoms with Gasteiger partial charge in [0.1, 0.15) is 0 Å². The molecule has 0 saturated carbocycles. The van der Waals surface area contributed by atoms with E-state index in [-0.39, 0.29) is 11.7 Å². The van der Waals surface area contributed by atoms with Crippen LogP contribution in [-0.4, -0.2) is 21.6 Å². The minimum absolute atomic E-state index is 0.0348. The molecule has 14 heavy (non-hydrogen) atoms. The molecule has 2 heterocycles. The predicted octanol–water partition coefficient (Wildman–Crippen LogP) is 2.64. The Morgan fingerprint density at radius 3 is 3.07 bits per heavy atom. The van der Waals surface area contributed by atoms with Crippen LogP contribution in [0.15, 0.2) is 18.5 Å². The molecule has 0 aliphatic carbocycles. The highest BCUT2D eigenvalue weighted by atomic mass is 35.5. The average Bonchev–Trinajstić information content (AvgIpc) is 2.62. The lowest BCUT2D eigenvalue weighted by atomic mass is 10.1.